The van der Waals surface area contributed by atoms with Crippen molar-refractivity contribution in [3.05, 3.63) is 65.6 Å². The molecular formula is C21H26N4O2. The van der Waals surface area contributed by atoms with E-state index < -0.39 is 0 Å². The highest BCUT2D eigenvalue weighted by Crippen LogP contribution is 2.19. The monoisotopic (exact) mass is 366 g/mol. The van der Waals surface area contributed by atoms with Crippen LogP contribution in [-0.4, -0.2) is 34.4 Å². The molecule has 27 heavy (non-hydrogen) atoms. The number of fused-ring (bicyclic) bond motifs is 1. The minimum absolute atomic E-state index is 0.138. The first-order valence-corrected chi connectivity index (χ1v) is 9.24. The fourth-order valence-electron chi connectivity index (χ4n) is 2.92. The topological polar surface area (TPSA) is 67.7 Å². The quantitative estimate of drug-likeness (QED) is 0.643. The summed E-state index contributed by atoms with van der Waals surface area (Å²) in [5.74, 6) is 0.417. The lowest BCUT2D eigenvalue weighted by atomic mass is 10.2. The first kappa shape index (κ1) is 18.9. The van der Waals surface area contributed by atoms with Gasteiger partial charge in [0.1, 0.15) is 18.0 Å². The molecule has 2 heterocycles. The third-order valence-corrected chi connectivity index (χ3v) is 4.28. The number of rotatable bonds is 8. The lowest BCUT2D eigenvalue weighted by molar-refractivity contribution is 0.0945. The molecule has 2 N–H and O–H groups in total. The van der Waals surface area contributed by atoms with Gasteiger partial charge in [-0.25, -0.2) is 4.98 Å². The summed E-state index contributed by atoms with van der Waals surface area (Å²) in [5.41, 5.74) is 3.39. The van der Waals surface area contributed by atoms with E-state index in [1.807, 2.05) is 67.9 Å². The van der Waals surface area contributed by atoms with Crippen LogP contribution in [0.1, 0.15) is 35.5 Å². The predicted octanol–water partition coefficient (Wildman–Crippen LogP) is 2.95. The number of likely N-dealkylation sites (N-methyl/N-ethyl adjacent to an activating group) is 1. The Hall–Kier alpha value is -2.86. The summed E-state index contributed by atoms with van der Waals surface area (Å²) in [5, 5.41) is 6.22. The zero-order valence-electron chi connectivity index (χ0n) is 16.0. The van der Waals surface area contributed by atoms with Gasteiger partial charge in [-0.15, -0.1) is 0 Å². The molecule has 0 aliphatic heterocycles. The average molecular weight is 366 g/mol. The summed E-state index contributed by atoms with van der Waals surface area (Å²) in [4.78, 5) is 17.1. The molecular weight excluding hydrogens is 340 g/mol. The molecule has 0 spiro atoms. The van der Waals surface area contributed by atoms with Gasteiger partial charge in [-0.2, -0.15) is 0 Å². The third-order valence-electron chi connectivity index (χ3n) is 4.28. The maximum atomic E-state index is 12.5. The molecule has 2 aromatic heterocycles. The molecule has 3 rings (SSSR count). The fourth-order valence-corrected chi connectivity index (χ4v) is 2.92. The molecule has 0 bridgehead atoms. The van der Waals surface area contributed by atoms with Crippen molar-refractivity contribution < 1.29 is 9.53 Å². The number of pyridine rings is 1. The zero-order chi connectivity index (χ0) is 19.2. The number of nitrogens with zero attached hydrogens (tertiary/aromatic N) is 2. The van der Waals surface area contributed by atoms with Crippen molar-refractivity contribution in [2.24, 2.45) is 0 Å². The van der Waals surface area contributed by atoms with Crippen molar-refractivity contribution in [1.82, 2.24) is 20.0 Å². The van der Waals surface area contributed by atoms with Gasteiger partial charge in [0, 0.05) is 25.0 Å². The van der Waals surface area contributed by atoms with E-state index in [-0.39, 0.29) is 11.9 Å². The first-order chi connectivity index (χ1) is 13.1. The number of hydrogen-bond acceptors (Lipinski definition) is 4. The van der Waals surface area contributed by atoms with Crippen LogP contribution in [0.5, 0.6) is 5.75 Å². The second-order valence-corrected chi connectivity index (χ2v) is 6.66. The maximum absolute atomic E-state index is 12.5. The van der Waals surface area contributed by atoms with Crippen molar-refractivity contribution in [2.75, 3.05) is 13.1 Å². The highest BCUT2D eigenvalue weighted by atomic mass is 16.5. The largest absolute Gasteiger partial charge is 0.486 e. The van der Waals surface area contributed by atoms with Gasteiger partial charge in [-0.05, 0) is 44.2 Å². The second kappa shape index (κ2) is 8.68. The van der Waals surface area contributed by atoms with E-state index in [0.717, 1.165) is 17.9 Å². The molecule has 0 fully saturated rings. The molecule has 0 aliphatic rings. The molecule has 142 valence electrons. The Kier molecular flexibility index (Phi) is 6.08. The molecule has 0 saturated heterocycles. The van der Waals surface area contributed by atoms with Crippen LogP contribution in [0.15, 0.2) is 48.8 Å². The summed E-state index contributed by atoms with van der Waals surface area (Å²) in [6.07, 6.45) is 3.97. The highest BCUT2D eigenvalue weighted by molar-refractivity contribution is 5.96. The summed E-state index contributed by atoms with van der Waals surface area (Å²) < 4.78 is 7.89. The van der Waals surface area contributed by atoms with Crippen molar-refractivity contribution in [1.29, 1.82) is 0 Å². The number of para-hydroxylation sites is 1. The summed E-state index contributed by atoms with van der Waals surface area (Å²) in [6.45, 7) is 7.86. The average Bonchev–Trinajstić information content (AvgIpc) is 3.07. The van der Waals surface area contributed by atoms with Gasteiger partial charge in [0.2, 0.25) is 0 Å². The van der Waals surface area contributed by atoms with Crippen molar-refractivity contribution >= 4 is 11.6 Å². The summed E-state index contributed by atoms with van der Waals surface area (Å²) in [7, 11) is 0. The number of imidazole rings is 1. The summed E-state index contributed by atoms with van der Waals surface area (Å²) in [6, 6.07) is 11.5. The molecule has 6 nitrogen and oxygen atoms in total. The number of benzene rings is 1. The van der Waals surface area contributed by atoms with Gasteiger partial charge in [0.15, 0.2) is 0 Å². The number of aryl methyl sites for hydroxylation is 1. The van der Waals surface area contributed by atoms with Crippen LogP contribution < -0.4 is 15.4 Å². The predicted molar refractivity (Wildman–Crippen MR) is 106 cm³/mol. The van der Waals surface area contributed by atoms with Crippen LogP contribution >= 0.6 is 0 Å². The van der Waals surface area contributed by atoms with E-state index in [2.05, 4.69) is 15.6 Å². The van der Waals surface area contributed by atoms with Crippen LogP contribution in [0.25, 0.3) is 5.65 Å². The Bertz CT molecular complexity index is 919. The molecule has 1 aromatic carbocycles. The van der Waals surface area contributed by atoms with Crippen LogP contribution in [0, 0.1) is 6.92 Å². The van der Waals surface area contributed by atoms with Crippen molar-refractivity contribution in [3.8, 4) is 5.75 Å². The third kappa shape index (κ3) is 4.86. The van der Waals surface area contributed by atoms with Crippen LogP contribution in [-0.2, 0) is 6.61 Å². The van der Waals surface area contributed by atoms with Gasteiger partial charge in [0.05, 0.1) is 11.3 Å². The number of hydrogen-bond donors (Lipinski definition) is 2. The smallest absolute Gasteiger partial charge is 0.255 e. The highest BCUT2D eigenvalue weighted by Gasteiger charge is 2.13. The Balaban J connectivity index is 1.67. The van der Waals surface area contributed by atoms with E-state index in [0.29, 0.717) is 24.5 Å². The Morgan fingerprint density at radius 2 is 2.04 bits per heavy atom. The van der Waals surface area contributed by atoms with E-state index >= 15 is 0 Å². The van der Waals surface area contributed by atoms with Crippen molar-refractivity contribution in [2.45, 2.75) is 33.4 Å². The number of amides is 1. The lowest BCUT2D eigenvalue weighted by Crippen LogP contribution is -2.38. The van der Waals surface area contributed by atoms with Gasteiger partial charge in [-0.1, -0.05) is 25.1 Å². The number of aromatic nitrogens is 2. The molecule has 0 unspecified atom stereocenters. The van der Waals surface area contributed by atoms with Crippen LogP contribution in [0.3, 0.4) is 0 Å². The van der Waals surface area contributed by atoms with E-state index in [9.17, 15) is 4.79 Å². The van der Waals surface area contributed by atoms with Crippen LogP contribution in [0.4, 0.5) is 0 Å². The lowest BCUT2D eigenvalue weighted by Gasteiger charge is -2.15. The normalized spacial score (nSPS) is 12.1. The number of nitrogens with one attached hydrogen (secondary N) is 2. The molecule has 1 atom stereocenters. The van der Waals surface area contributed by atoms with Gasteiger partial charge < -0.3 is 19.8 Å². The van der Waals surface area contributed by atoms with Gasteiger partial charge in [0.25, 0.3) is 5.91 Å². The fraction of sp³-hybridized carbons (Fsp3) is 0.333. The van der Waals surface area contributed by atoms with Gasteiger partial charge in [-0.3, -0.25) is 4.79 Å². The zero-order valence-corrected chi connectivity index (χ0v) is 16.0. The van der Waals surface area contributed by atoms with E-state index in [4.69, 9.17) is 4.74 Å². The molecule has 0 saturated carbocycles. The minimum atomic E-state index is -0.138. The van der Waals surface area contributed by atoms with E-state index in [1.165, 1.54) is 5.56 Å². The molecule has 6 heteroatoms. The van der Waals surface area contributed by atoms with Crippen LogP contribution in [0.2, 0.25) is 0 Å². The molecule has 3 aromatic rings. The Morgan fingerprint density at radius 3 is 2.85 bits per heavy atom. The second-order valence-electron chi connectivity index (χ2n) is 6.66. The number of carbonyl (C=O) groups excluding carboxylic acids is 1. The summed E-state index contributed by atoms with van der Waals surface area (Å²) >= 11 is 0. The SMILES string of the molecule is CCN[C@H](C)CNC(=O)c1ccccc1OCc1cn2cc(C)ccc2n1. The molecule has 1 amide bonds. The van der Waals surface area contributed by atoms with E-state index in [1.54, 1.807) is 6.07 Å². The maximum Gasteiger partial charge on any atom is 0.255 e. The Labute approximate surface area is 159 Å². The first-order valence-electron chi connectivity index (χ1n) is 9.24. The van der Waals surface area contributed by atoms with Gasteiger partial charge >= 0.3 is 0 Å². The standard InChI is InChI=1S/C21H26N4O2/c1-4-22-16(3)11-23-21(26)18-7-5-6-8-19(18)27-14-17-13-25-12-15(2)9-10-20(25)24-17/h5-10,12-13,16,22H,4,11,14H2,1-3H3,(H,23,26)/t16-/m1/s1. The Morgan fingerprint density at radius 1 is 1.22 bits per heavy atom. The number of ether oxygens (including phenoxy) is 1. The molecule has 0 radical (unpaired) electrons. The van der Waals surface area contributed by atoms with Crippen molar-refractivity contribution in [3.63, 3.8) is 0 Å². The minimum Gasteiger partial charge on any atom is -0.486 e. The number of carbonyl (C=O) groups is 1. The molecule has 0 aliphatic carbocycles.